The standard InChI is InChI=1S/C17H14F3N3O2/c18-17(19,20)12-4-3-5-14(8-12)25-11-16(24)21-9-13-10-23-7-2-1-6-15(23)22-13/h1-8,10H,9,11H2,(H,21,24). The molecular weight excluding hydrogens is 335 g/mol. The number of benzene rings is 1. The number of hydrogen-bond donors (Lipinski definition) is 1. The van der Waals surface area contributed by atoms with E-state index in [0.29, 0.717) is 5.69 Å². The van der Waals surface area contributed by atoms with Crippen LogP contribution in [-0.2, 0) is 17.5 Å². The summed E-state index contributed by atoms with van der Waals surface area (Å²) in [5.41, 5.74) is 0.598. The van der Waals surface area contributed by atoms with Gasteiger partial charge in [-0.2, -0.15) is 13.2 Å². The summed E-state index contributed by atoms with van der Waals surface area (Å²) in [6.45, 7) is -0.179. The van der Waals surface area contributed by atoms with Crippen LogP contribution in [0.4, 0.5) is 13.2 Å². The number of nitrogens with one attached hydrogen (secondary N) is 1. The van der Waals surface area contributed by atoms with Crippen molar-refractivity contribution in [3.05, 3.63) is 66.1 Å². The highest BCUT2D eigenvalue weighted by Gasteiger charge is 2.30. The number of imidazole rings is 1. The molecule has 0 fully saturated rings. The molecule has 1 N–H and O–H groups in total. The molecule has 0 spiro atoms. The highest BCUT2D eigenvalue weighted by atomic mass is 19.4. The van der Waals surface area contributed by atoms with E-state index in [2.05, 4.69) is 10.3 Å². The lowest BCUT2D eigenvalue weighted by Crippen LogP contribution is -2.28. The first-order chi connectivity index (χ1) is 11.9. The molecule has 2 aromatic heterocycles. The van der Waals surface area contributed by atoms with E-state index in [1.807, 2.05) is 28.8 Å². The predicted octanol–water partition coefficient (Wildman–Crippen LogP) is 3.05. The van der Waals surface area contributed by atoms with Crippen molar-refractivity contribution >= 4 is 11.6 Å². The topological polar surface area (TPSA) is 55.6 Å². The minimum absolute atomic E-state index is 0.0160. The van der Waals surface area contributed by atoms with Crippen molar-refractivity contribution in [2.45, 2.75) is 12.7 Å². The Morgan fingerprint density at radius 3 is 2.80 bits per heavy atom. The molecule has 0 aliphatic carbocycles. The molecule has 25 heavy (non-hydrogen) atoms. The number of amides is 1. The quantitative estimate of drug-likeness (QED) is 0.770. The lowest BCUT2D eigenvalue weighted by Gasteiger charge is -2.10. The Hall–Kier alpha value is -3.03. The summed E-state index contributed by atoms with van der Waals surface area (Å²) in [7, 11) is 0. The third-order valence-electron chi connectivity index (χ3n) is 3.41. The number of alkyl halides is 3. The van der Waals surface area contributed by atoms with Gasteiger partial charge in [-0.15, -0.1) is 0 Å². The van der Waals surface area contributed by atoms with E-state index in [1.54, 1.807) is 6.20 Å². The van der Waals surface area contributed by atoms with Gasteiger partial charge in [-0.25, -0.2) is 4.98 Å². The number of carbonyl (C=O) groups excluding carboxylic acids is 1. The number of aromatic nitrogens is 2. The molecular formula is C17H14F3N3O2. The van der Waals surface area contributed by atoms with Crippen molar-refractivity contribution in [2.24, 2.45) is 0 Å². The Morgan fingerprint density at radius 2 is 2.04 bits per heavy atom. The number of fused-ring (bicyclic) bond motifs is 1. The van der Waals surface area contributed by atoms with E-state index in [0.717, 1.165) is 17.8 Å². The van der Waals surface area contributed by atoms with Gasteiger partial charge >= 0.3 is 6.18 Å². The van der Waals surface area contributed by atoms with Crippen LogP contribution >= 0.6 is 0 Å². The highest BCUT2D eigenvalue weighted by Crippen LogP contribution is 2.31. The molecule has 0 aliphatic rings. The zero-order valence-electron chi connectivity index (χ0n) is 13.0. The number of halogens is 3. The van der Waals surface area contributed by atoms with E-state index in [9.17, 15) is 18.0 Å². The molecule has 0 saturated carbocycles. The van der Waals surface area contributed by atoms with Crippen molar-refractivity contribution in [3.8, 4) is 5.75 Å². The second-order valence-corrected chi connectivity index (χ2v) is 5.29. The monoisotopic (exact) mass is 349 g/mol. The van der Waals surface area contributed by atoms with Crippen LogP contribution in [0.2, 0.25) is 0 Å². The van der Waals surface area contributed by atoms with Gasteiger partial charge in [0.25, 0.3) is 5.91 Å². The van der Waals surface area contributed by atoms with E-state index in [1.165, 1.54) is 12.1 Å². The molecule has 2 heterocycles. The molecule has 8 heteroatoms. The fraction of sp³-hybridized carbons (Fsp3) is 0.176. The summed E-state index contributed by atoms with van der Waals surface area (Å²) < 4.78 is 44.8. The van der Waals surface area contributed by atoms with Crippen molar-refractivity contribution < 1.29 is 22.7 Å². The lowest BCUT2D eigenvalue weighted by atomic mass is 10.2. The van der Waals surface area contributed by atoms with Crippen LogP contribution in [0.15, 0.2) is 54.9 Å². The second-order valence-electron chi connectivity index (χ2n) is 5.29. The maximum absolute atomic E-state index is 12.6. The summed E-state index contributed by atoms with van der Waals surface area (Å²) >= 11 is 0. The normalized spacial score (nSPS) is 11.5. The SMILES string of the molecule is O=C(COc1cccc(C(F)(F)F)c1)NCc1cn2ccccc2n1. The van der Waals surface area contributed by atoms with Gasteiger partial charge in [-0.3, -0.25) is 4.79 Å². The van der Waals surface area contributed by atoms with Crippen molar-refractivity contribution in [1.82, 2.24) is 14.7 Å². The van der Waals surface area contributed by atoms with Crippen LogP contribution in [0, 0.1) is 0 Å². The Kier molecular flexibility index (Phi) is 4.60. The smallest absolute Gasteiger partial charge is 0.416 e. The maximum atomic E-state index is 12.6. The molecule has 0 aliphatic heterocycles. The highest BCUT2D eigenvalue weighted by molar-refractivity contribution is 5.77. The first kappa shape index (κ1) is 16.8. The fourth-order valence-electron chi connectivity index (χ4n) is 2.22. The van der Waals surface area contributed by atoms with E-state index in [4.69, 9.17) is 4.74 Å². The second kappa shape index (κ2) is 6.84. The number of ether oxygens (including phenoxy) is 1. The van der Waals surface area contributed by atoms with Gasteiger partial charge in [-0.05, 0) is 30.3 Å². The van der Waals surface area contributed by atoms with Crippen LogP contribution in [-0.4, -0.2) is 21.9 Å². The molecule has 1 amide bonds. The molecule has 0 bridgehead atoms. The number of hydrogen-bond acceptors (Lipinski definition) is 3. The third kappa shape index (κ3) is 4.28. The Morgan fingerprint density at radius 1 is 1.20 bits per heavy atom. The van der Waals surface area contributed by atoms with Crippen molar-refractivity contribution in [3.63, 3.8) is 0 Å². The average molecular weight is 349 g/mol. The van der Waals surface area contributed by atoms with Crippen LogP contribution < -0.4 is 10.1 Å². The predicted molar refractivity (Wildman–Crippen MR) is 84.0 cm³/mol. The van der Waals surface area contributed by atoms with Gasteiger partial charge in [0.2, 0.25) is 0 Å². The molecule has 0 radical (unpaired) electrons. The molecule has 1 aromatic carbocycles. The summed E-state index contributed by atoms with van der Waals surface area (Å²) in [5.74, 6) is -0.466. The van der Waals surface area contributed by atoms with Crippen LogP contribution in [0.5, 0.6) is 5.75 Å². The molecule has 0 atom stereocenters. The summed E-state index contributed by atoms with van der Waals surface area (Å²) in [6, 6.07) is 9.94. The molecule has 130 valence electrons. The van der Waals surface area contributed by atoms with Crippen LogP contribution in [0.25, 0.3) is 5.65 Å². The zero-order chi connectivity index (χ0) is 17.9. The first-order valence-corrected chi connectivity index (χ1v) is 7.41. The van der Waals surface area contributed by atoms with Gasteiger partial charge in [0.05, 0.1) is 17.8 Å². The maximum Gasteiger partial charge on any atom is 0.416 e. The lowest BCUT2D eigenvalue weighted by molar-refractivity contribution is -0.137. The van der Waals surface area contributed by atoms with E-state index in [-0.39, 0.29) is 18.9 Å². The van der Waals surface area contributed by atoms with E-state index >= 15 is 0 Å². The Labute approximate surface area is 141 Å². The van der Waals surface area contributed by atoms with Gasteiger partial charge in [0.1, 0.15) is 11.4 Å². The third-order valence-corrected chi connectivity index (χ3v) is 3.41. The average Bonchev–Trinajstić information content (AvgIpc) is 3.00. The van der Waals surface area contributed by atoms with Crippen LogP contribution in [0.1, 0.15) is 11.3 Å². The van der Waals surface area contributed by atoms with Gasteiger partial charge in [0, 0.05) is 12.4 Å². The number of pyridine rings is 1. The van der Waals surface area contributed by atoms with Gasteiger partial charge in [-0.1, -0.05) is 12.1 Å². The van der Waals surface area contributed by atoms with Gasteiger partial charge < -0.3 is 14.5 Å². The molecule has 0 saturated heterocycles. The summed E-state index contributed by atoms with van der Waals surface area (Å²) in [5, 5.41) is 2.61. The number of carbonyl (C=O) groups is 1. The van der Waals surface area contributed by atoms with Crippen LogP contribution in [0.3, 0.4) is 0 Å². The number of rotatable bonds is 5. The fourth-order valence-corrected chi connectivity index (χ4v) is 2.22. The minimum atomic E-state index is -4.45. The summed E-state index contributed by atoms with van der Waals surface area (Å²) in [4.78, 5) is 16.1. The Balaban J connectivity index is 1.53. The molecule has 3 aromatic rings. The first-order valence-electron chi connectivity index (χ1n) is 7.41. The molecule has 0 unspecified atom stereocenters. The summed E-state index contributed by atoms with van der Waals surface area (Å²) in [6.07, 6.45) is -0.835. The zero-order valence-corrected chi connectivity index (χ0v) is 13.0. The van der Waals surface area contributed by atoms with Crippen molar-refractivity contribution in [1.29, 1.82) is 0 Å². The van der Waals surface area contributed by atoms with Gasteiger partial charge in [0.15, 0.2) is 6.61 Å². The number of nitrogens with zero attached hydrogens (tertiary/aromatic N) is 2. The minimum Gasteiger partial charge on any atom is -0.484 e. The van der Waals surface area contributed by atoms with E-state index < -0.39 is 17.6 Å². The molecule has 5 nitrogen and oxygen atoms in total. The Bertz CT molecular complexity index is 857. The molecule has 3 rings (SSSR count). The largest absolute Gasteiger partial charge is 0.484 e. The van der Waals surface area contributed by atoms with Crippen molar-refractivity contribution in [2.75, 3.05) is 6.61 Å².